The summed E-state index contributed by atoms with van der Waals surface area (Å²) in [5.41, 5.74) is 12.3. The Morgan fingerprint density at radius 3 is 1.81 bits per heavy atom. The lowest BCUT2D eigenvalue weighted by Crippen LogP contribution is -1.97. The van der Waals surface area contributed by atoms with Crippen molar-refractivity contribution in [2.75, 3.05) is 11.5 Å². The zero-order chi connectivity index (χ0) is 15.1. The van der Waals surface area contributed by atoms with E-state index in [1.54, 1.807) is 6.07 Å². The van der Waals surface area contributed by atoms with Gasteiger partial charge in [-0.15, -0.1) is 0 Å². The zero-order valence-electron chi connectivity index (χ0n) is 10.6. The Labute approximate surface area is 154 Å². The quantitative estimate of drug-likeness (QED) is 0.374. The van der Waals surface area contributed by atoms with Crippen LogP contribution in [0.25, 0.3) is 0 Å². The third-order valence-corrected chi connectivity index (χ3v) is 3.55. The van der Waals surface area contributed by atoms with Gasteiger partial charge >= 0.3 is 0 Å². The normalized spacial score (nSPS) is 9.33. The number of nitrogens with two attached hydrogens (primary N) is 2. The van der Waals surface area contributed by atoms with E-state index in [1.807, 2.05) is 6.07 Å². The number of halogens is 4. The molecule has 0 saturated heterocycles. The van der Waals surface area contributed by atoms with Gasteiger partial charge in [-0.1, -0.05) is 43.5 Å². The highest BCUT2D eigenvalue weighted by Gasteiger charge is 1.97. The van der Waals surface area contributed by atoms with Crippen molar-refractivity contribution in [1.82, 2.24) is 19.9 Å². The number of nitrogens with zero attached hydrogens (tertiary/aromatic N) is 4. The van der Waals surface area contributed by atoms with Gasteiger partial charge in [0.25, 0.3) is 0 Å². The van der Waals surface area contributed by atoms with E-state index in [1.165, 1.54) is 0 Å². The van der Waals surface area contributed by atoms with Crippen molar-refractivity contribution in [1.29, 1.82) is 0 Å². The van der Waals surface area contributed by atoms with Gasteiger partial charge in [-0.2, -0.15) is 0 Å². The van der Waals surface area contributed by atoms with Gasteiger partial charge in [-0.3, -0.25) is 0 Å². The van der Waals surface area contributed by atoms with Gasteiger partial charge in [0.2, 0.25) is 11.9 Å². The first kappa shape index (κ1) is 20.6. The molecule has 21 heavy (non-hydrogen) atoms. The fourth-order valence-electron chi connectivity index (χ4n) is 1.10. The largest absolute Gasteiger partial charge is 0.368 e. The second-order valence-corrected chi connectivity index (χ2v) is 5.67. The molecule has 2 heterocycles. The fourth-order valence-corrected chi connectivity index (χ4v) is 2.34. The number of hydrogen-bond acceptors (Lipinski definition) is 6. The Kier molecular flexibility index (Phi) is 10.1. The van der Waals surface area contributed by atoms with E-state index in [2.05, 4.69) is 67.7 Å². The smallest absolute Gasteiger partial charge is 0.221 e. The molecule has 3 radical (unpaired) electrons. The second kappa shape index (κ2) is 10.3. The molecule has 2 rings (SSSR count). The number of anilines is 2. The summed E-state index contributed by atoms with van der Waals surface area (Å²) in [5.74, 6) is 0.505. The van der Waals surface area contributed by atoms with E-state index in [9.17, 15) is 0 Å². The van der Waals surface area contributed by atoms with E-state index in [4.69, 9.17) is 23.1 Å². The summed E-state index contributed by atoms with van der Waals surface area (Å²) in [7, 11) is 0. The van der Waals surface area contributed by atoms with Gasteiger partial charge in [0.15, 0.2) is 0 Å². The van der Waals surface area contributed by atoms with Crippen LogP contribution in [0, 0.1) is 0 Å². The fraction of sp³-hybridized carbons (Fsp3) is 0.200. The molecule has 0 unspecified atom stereocenters. The average Bonchev–Trinajstić information content (AvgIpc) is 2.37. The molecule has 0 spiro atoms. The number of alkyl halides is 2. The monoisotopic (exact) mass is 497 g/mol. The molecular weight excluding hydrogens is 490 g/mol. The lowest BCUT2D eigenvalue weighted by Gasteiger charge is -1.96. The summed E-state index contributed by atoms with van der Waals surface area (Å²) < 4.78 is 0.717. The maximum absolute atomic E-state index is 5.58. The van der Waals surface area contributed by atoms with Crippen molar-refractivity contribution >= 4 is 79.7 Å². The van der Waals surface area contributed by atoms with Crippen LogP contribution in [0.2, 0.25) is 5.15 Å². The highest BCUT2D eigenvalue weighted by atomic mass is 79.9. The predicted octanol–water partition coefficient (Wildman–Crippen LogP) is 2.94. The maximum atomic E-state index is 5.58. The zero-order valence-corrected chi connectivity index (χ0v) is 16.1. The lowest BCUT2D eigenvalue weighted by atomic mass is 10.5. The summed E-state index contributed by atoms with van der Waals surface area (Å²) in [6.07, 6.45) is 0. The Morgan fingerprint density at radius 2 is 1.38 bits per heavy atom. The molecule has 2 aromatic heterocycles. The van der Waals surface area contributed by atoms with Crippen LogP contribution in [0.15, 0.2) is 16.7 Å². The maximum Gasteiger partial charge on any atom is 0.221 e. The first-order valence-electron chi connectivity index (χ1n) is 5.14. The molecule has 4 N–H and O–H groups in total. The predicted molar refractivity (Wildman–Crippen MR) is 96.6 cm³/mol. The molecule has 0 fully saturated rings. The van der Waals surface area contributed by atoms with Crippen molar-refractivity contribution in [3.8, 4) is 0 Å². The van der Waals surface area contributed by atoms with Crippen LogP contribution in [0.3, 0.4) is 0 Å². The second-order valence-electron chi connectivity index (χ2n) is 3.35. The number of rotatable bonds is 2. The van der Waals surface area contributed by atoms with E-state index < -0.39 is 0 Å². The first-order chi connectivity index (χ1) is 9.44. The summed E-state index contributed by atoms with van der Waals surface area (Å²) in [5, 5.41) is 1.71. The Hall–Kier alpha value is -0.445. The summed E-state index contributed by atoms with van der Waals surface area (Å²) in [4.78, 5) is 15.4. The summed E-state index contributed by atoms with van der Waals surface area (Å²) in [6, 6.07) is 3.47. The minimum atomic E-state index is 0. The molecular formula is C10H10BBr3ClN6. The topological polar surface area (TPSA) is 104 Å². The SMILES string of the molecule is Nc1nc(Br)cc(CBr)n1.Nc1nc(Cl)cc(CBr)n1.[B]. The number of hydrogen-bond donors (Lipinski definition) is 2. The minimum Gasteiger partial charge on any atom is -0.368 e. The van der Waals surface area contributed by atoms with Crippen LogP contribution in [0.1, 0.15) is 11.4 Å². The van der Waals surface area contributed by atoms with Gasteiger partial charge in [-0.25, -0.2) is 19.9 Å². The molecule has 6 nitrogen and oxygen atoms in total. The van der Waals surface area contributed by atoms with Gasteiger partial charge < -0.3 is 11.5 Å². The Morgan fingerprint density at radius 1 is 0.905 bits per heavy atom. The Balaban J connectivity index is 0.000000364. The summed E-state index contributed by atoms with van der Waals surface area (Å²) in [6.45, 7) is 0. The van der Waals surface area contributed by atoms with Crippen molar-refractivity contribution in [3.63, 3.8) is 0 Å². The number of aromatic nitrogens is 4. The van der Waals surface area contributed by atoms with Crippen LogP contribution in [0.4, 0.5) is 11.9 Å². The average molecular weight is 500 g/mol. The summed E-state index contributed by atoms with van der Waals surface area (Å²) >= 11 is 15.3. The van der Waals surface area contributed by atoms with Gasteiger partial charge in [-0.05, 0) is 28.1 Å². The van der Waals surface area contributed by atoms with E-state index in [0.717, 1.165) is 16.0 Å². The van der Waals surface area contributed by atoms with Gasteiger partial charge in [0, 0.05) is 19.1 Å². The van der Waals surface area contributed by atoms with E-state index in [-0.39, 0.29) is 14.4 Å². The van der Waals surface area contributed by atoms with Crippen LogP contribution in [-0.2, 0) is 10.7 Å². The molecule has 0 saturated carbocycles. The highest BCUT2D eigenvalue weighted by molar-refractivity contribution is 9.10. The molecule has 0 aliphatic rings. The molecule has 0 aromatic carbocycles. The standard InChI is InChI=1S/C5H5Br2N3.C5H5BrClN3.B/c2*6-2-3-1-4(7)10-5(8)9-3;/h2*1H,2H2,(H2,8,9,10);. The van der Waals surface area contributed by atoms with E-state index >= 15 is 0 Å². The molecule has 0 aliphatic carbocycles. The first-order valence-corrected chi connectivity index (χ1v) is 8.55. The molecule has 0 bridgehead atoms. The molecule has 0 amide bonds. The third kappa shape index (κ3) is 7.94. The Bertz CT molecular complexity index is 497. The van der Waals surface area contributed by atoms with Crippen LogP contribution in [0.5, 0.6) is 0 Å². The van der Waals surface area contributed by atoms with Gasteiger partial charge in [0.1, 0.15) is 9.76 Å². The minimum absolute atomic E-state index is 0. The molecule has 2 aromatic rings. The van der Waals surface area contributed by atoms with Crippen molar-refractivity contribution in [3.05, 3.63) is 33.3 Å². The molecule has 0 atom stereocenters. The molecule has 11 heteroatoms. The van der Waals surface area contributed by atoms with Crippen LogP contribution < -0.4 is 11.5 Å². The third-order valence-electron chi connectivity index (χ3n) is 1.80. The molecule has 111 valence electrons. The van der Waals surface area contributed by atoms with Gasteiger partial charge in [0.05, 0.1) is 11.4 Å². The van der Waals surface area contributed by atoms with Crippen molar-refractivity contribution in [2.45, 2.75) is 10.7 Å². The lowest BCUT2D eigenvalue weighted by molar-refractivity contribution is 1.09. The van der Waals surface area contributed by atoms with Crippen LogP contribution in [-0.4, -0.2) is 28.3 Å². The number of nitrogen functional groups attached to an aromatic ring is 2. The van der Waals surface area contributed by atoms with E-state index in [0.29, 0.717) is 21.8 Å². The van der Waals surface area contributed by atoms with Crippen molar-refractivity contribution in [2.24, 2.45) is 0 Å². The van der Waals surface area contributed by atoms with Crippen LogP contribution >= 0.6 is 59.4 Å². The molecule has 0 aliphatic heterocycles. The highest BCUT2D eigenvalue weighted by Crippen LogP contribution is 2.11. The van der Waals surface area contributed by atoms with Crippen molar-refractivity contribution < 1.29 is 0 Å².